The molecule has 1 amide bonds. The normalized spacial score (nSPS) is 11.4. The van der Waals surface area contributed by atoms with Crippen LogP contribution in [0, 0.1) is 0 Å². The molecule has 0 aliphatic rings. The van der Waals surface area contributed by atoms with Crippen LogP contribution in [-0.4, -0.2) is 36.5 Å². The number of hydrogen-bond acceptors (Lipinski definition) is 7. The van der Waals surface area contributed by atoms with Crippen molar-refractivity contribution >= 4 is 33.5 Å². The summed E-state index contributed by atoms with van der Waals surface area (Å²) in [7, 11) is -3.40. The van der Waals surface area contributed by atoms with E-state index < -0.39 is 15.7 Å². The van der Waals surface area contributed by atoms with Gasteiger partial charge in [-0.3, -0.25) is 10.1 Å². The molecule has 1 N–H and O–H groups in total. The van der Waals surface area contributed by atoms with E-state index in [0.717, 1.165) is 10.5 Å². The predicted octanol–water partition coefficient (Wildman–Crippen LogP) is 3.43. The van der Waals surface area contributed by atoms with Crippen LogP contribution in [0.4, 0.5) is 6.01 Å². The summed E-state index contributed by atoms with van der Waals surface area (Å²) in [4.78, 5) is 13.6. The average molecular weight is 418 g/mol. The van der Waals surface area contributed by atoms with Gasteiger partial charge >= 0.3 is 6.01 Å². The number of carbonyl (C=O) groups excluding carboxylic acids is 1. The number of aromatic nitrogens is 2. The third kappa shape index (κ3) is 4.79. The first-order valence-corrected chi connectivity index (χ1v) is 11.4. The number of nitrogens with zero attached hydrogens (tertiary/aromatic N) is 2. The SMILES string of the molecule is CCS(=O)(=O)c1cccc(C(=O)Nc2nnc(Cc3ccc(SC)cc3)o2)c1. The zero-order valence-electron chi connectivity index (χ0n) is 15.4. The van der Waals surface area contributed by atoms with Gasteiger partial charge < -0.3 is 4.42 Å². The van der Waals surface area contributed by atoms with Crippen LogP contribution in [0.5, 0.6) is 0 Å². The average Bonchev–Trinajstić information content (AvgIpc) is 3.15. The van der Waals surface area contributed by atoms with E-state index in [9.17, 15) is 13.2 Å². The molecule has 0 radical (unpaired) electrons. The van der Waals surface area contributed by atoms with Crippen molar-refractivity contribution in [2.24, 2.45) is 0 Å². The van der Waals surface area contributed by atoms with Gasteiger partial charge in [-0.25, -0.2) is 8.42 Å². The first-order valence-electron chi connectivity index (χ1n) is 8.51. The summed E-state index contributed by atoms with van der Waals surface area (Å²) in [6, 6.07) is 13.8. The van der Waals surface area contributed by atoms with E-state index in [4.69, 9.17) is 4.42 Å². The monoisotopic (exact) mass is 417 g/mol. The topological polar surface area (TPSA) is 102 Å². The second-order valence-electron chi connectivity index (χ2n) is 5.91. The number of nitrogens with one attached hydrogen (secondary N) is 1. The van der Waals surface area contributed by atoms with Crippen molar-refractivity contribution in [3.8, 4) is 0 Å². The third-order valence-corrected chi connectivity index (χ3v) is 6.51. The van der Waals surface area contributed by atoms with Crippen LogP contribution in [0.3, 0.4) is 0 Å². The highest BCUT2D eigenvalue weighted by molar-refractivity contribution is 7.98. The molecule has 9 heteroatoms. The van der Waals surface area contributed by atoms with Crippen molar-refractivity contribution in [3.05, 3.63) is 65.5 Å². The van der Waals surface area contributed by atoms with Crippen molar-refractivity contribution in [1.29, 1.82) is 0 Å². The summed E-state index contributed by atoms with van der Waals surface area (Å²) < 4.78 is 29.4. The minimum absolute atomic E-state index is 0.0375. The summed E-state index contributed by atoms with van der Waals surface area (Å²) in [6.45, 7) is 1.55. The summed E-state index contributed by atoms with van der Waals surface area (Å²) in [5.41, 5.74) is 1.21. The highest BCUT2D eigenvalue weighted by atomic mass is 32.2. The fraction of sp³-hybridized carbons (Fsp3) is 0.211. The standard InChI is InChI=1S/C19H19N3O4S2/c1-3-28(24,25)16-6-4-5-14(12-16)18(23)20-19-22-21-17(26-19)11-13-7-9-15(27-2)10-8-13/h4-10,12H,3,11H2,1-2H3,(H,20,22,23). The maximum atomic E-state index is 12.4. The predicted molar refractivity (Wildman–Crippen MR) is 107 cm³/mol. The third-order valence-electron chi connectivity index (χ3n) is 4.04. The summed E-state index contributed by atoms with van der Waals surface area (Å²) in [5, 5.41) is 10.3. The molecule has 0 spiro atoms. The van der Waals surface area contributed by atoms with E-state index in [1.165, 1.54) is 24.3 Å². The Hall–Kier alpha value is -2.65. The van der Waals surface area contributed by atoms with Crippen LogP contribution in [0.1, 0.15) is 28.7 Å². The van der Waals surface area contributed by atoms with Gasteiger partial charge in [0.2, 0.25) is 5.89 Å². The van der Waals surface area contributed by atoms with Crippen LogP contribution in [0.25, 0.3) is 0 Å². The molecule has 7 nitrogen and oxygen atoms in total. The quantitative estimate of drug-likeness (QED) is 0.588. The van der Waals surface area contributed by atoms with Gasteiger partial charge in [-0.2, -0.15) is 0 Å². The highest BCUT2D eigenvalue weighted by Crippen LogP contribution is 2.18. The Morgan fingerprint density at radius 3 is 2.57 bits per heavy atom. The van der Waals surface area contributed by atoms with E-state index in [0.29, 0.717) is 12.3 Å². The summed E-state index contributed by atoms with van der Waals surface area (Å²) >= 11 is 1.66. The molecule has 2 aromatic carbocycles. The van der Waals surface area contributed by atoms with Gasteiger partial charge in [0, 0.05) is 10.5 Å². The number of benzene rings is 2. The maximum absolute atomic E-state index is 12.4. The minimum atomic E-state index is -3.40. The van der Waals surface area contributed by atoms with E-state index >= 15 is 0 Å². The van der Waals surface area contributed by atoms with E-state index in [2.05, 4.69) is 15.5 Å². The first-order chi connectivity index (χ1) is 13.4. The first kappa shape index (κ1) is 20.1. The Kier molecular flexibility index (Phi) is 6.15. The molecule has 0 bridgehead atoms. The summed E-state index contributed by atoms with van der Waals surface area (Å²) in [5.74, 6) is -0.189. The molecule has 0 unspecified atom stereocenters. The van der Waals surface area contributed by atoms with Gasteiger partial charge in [-0.15, -0.1) is 16.9 Å². The fourth-order valence-electron chi connectivity index (χ4n) is 2.46. The molecular formula is C19H19N3O4S2. The van der Waals surface area contributed by atoms with Crippen LogP contribution in [0.2, 0.25) is 0 Å². The lowest BCUT2D eigenvalue weighted by atomic mass is 10.1. The van der Waals surface area contributed by atoms with Gasteiger partial charge in [0.25, 0.3) is 5.91 Å². The van der Waals surface area contributed by atoms with Gasteiger partial charge in [0.15, 0.2) is 9.84 Å². The minimum Gasteiger partial charge on any atom is -0.407 e. The van der Waals surface area contributed by atoms with Crippen LogP contribution in [-0.2, 0) is 16.3 Å². The van der Waals surface area contributed by atoms with Crippen molar-refractivity contribution in [2.45, 2.75) is 23.1 Å². The number of rotatable bonds is 7. The van der Waals surface area contributed by atoms with Crippen molar-refractivity contribution in [3.63, 3.8) is 0 Å². The van der Waals surface area contributed by atoms with E-state index in [1.54, 1.807) is 18.7 Å². The number of carbonyl (C=O) groups is 1. The van der Waals surface area contributed by atoms with Crippen molar-refractivity contribution < 1.29 is 17.6 Å². The molecule has 1 aromatic heterocycles. The van der Waals surface area contributed by atoms with E-state index in [1.807, 2.05) is 30.5 Å². The number of amides is 1. The van der Waals surface area contributed by atoms with Crippen LogP contribution >= 0.6 is 11.8 Å². The number of anilines is 1. The molecule has 3 aromatic rings. The lowest BCUT2D eigenvalue weighted by Crippen LogP contribution is -2.13. The number of sulfone groups is 1. The molecule has 0 saturated heterocycles. The van der Waals surface area contributed by atoms with E-state index in [-0.39, 0.29) is 22.2 Å². The largest absolute Gasteiger partial charge is 0.407 e. The lowest BCUT2D eigenvalue weighted by molar-refractivity contribution is 0.102. The molecule has 0 saturated carbocycles. The molecule has 0 fully saturated rings. The molecule has 0 atom stereocenters. The Morgan fingerprint density at radius 2 is 1.89 bits per heavy atom. The molecule has 0 aliphatic heterocycles. The maximum Gasteiger partial charge on any atom is 0.322 e. The zero-order valence-corrected chi connectivity index (χ0v) is 17.0. The molecule has 3 rings (SSSR count). The smallest absolute Gasteiger partial charge is 0.322 e. The Bertz CT molecular complexity index is 1080. The van der Waals surface area contributed by atoms with Gasteiger partial charge in [0.05, 0.1) is 17.1 Å². The van der Waals surface area contributed by atoms with Crippen LogP contribution < -0.4 is 5.32 Å². The summed E-state index contributed by atoms with van der Waals surface area (Å²) in [6.07, 6.45) is 2.46. The Morgan fingerprint density at radius 1 is 1.14 bits per heavy atom. The van der Waals surface area contributed by atoms with Gasteiger partial charge in [-0.1, -0.05) is 30.2 Å². The Labute approximate surface area is 167 Å². The second kappa shape index (κ2) is 8.57. The Balaban J connectivity index is 1.69. The second-order valence-corrected chi connectivity index (χ2v) is 9.07. The molecule has 146 valence electrons. The fourth-order valence-corrected chi connectivity index (χ4v) is 3.79. The van der Waals surface area contributed by atoms with Gasteiger partial charge in [0.1, 0.15) is 0 Å². The molecule has 28 heavy (non-hydrogen) atoms. The molecular weight excluding hydrogens is 398 g/mol. The molecule has 1 heterocycles. The lowest BCUT2D eigenvalue weighted by Gasteiger charge is -2.04. The van der Waals surface area contributed by atoms with Gasteiger partial charge in [-0.05, 0) is 42.2 Å². The number of thioether (sulfide) groups is 1. The van der Waals surface area contributed by atoms with Crippen molar-refractivity contribution in [2.75, 3.05) is 17.3 Å². The highest BCUT2D eigenvalue weighted by Gasteiger charge is 2.16. The molecule has 0 aliphatic carbocycles. The number of hydrogen-bond donors (Lipinski definition) is 1. The van der Waals surface area contributed by atoms with Crippen molar-refractivity contribution in [1.82, 2.24) is 10.2 Å². The zero-order chi connectivity index (χ0) is 20.1. The van der Waals surface area contributed by atoms with Crippen LogP contribution in [0.15, 0.2) is 62.7 Å².